The van der Waals surface area contributed by atoms with Crippen LogP contribution < -0.4 is 5.32 Å². The number of aliphatic hydroxyl groups is 2. The lowest BCUT2D eigenvalue weighted by Gasteiger charge is -2.24. The lowest BCUT2D eigenvalue weighted by Crippen LogP contribution is -2.52. The average molecular weight is 274 g/mol. The molecule has 0 aromatic carbocycles. The molecule has 1 atom stereocenters. The van der Waals surface area contributed by atoms with Crippen molar-refractivity contribution < 1.29 is 38.1 Å². The molecule has 0 aliphatic carbocycles. The molecule has 0 aliphatic rings. The molecular formula is C8H13F3N2O5. The fourth-order valence-electron chi connectivity index (χ4n) is 1.02. The van der Waals surface area contributed by atoms with Gasteiger partial charge in [-0.15, -0.1) is 0 Å². The fraction of sp³-hybridized carbons (Fsp3) is 0.750. The molecule has 0 spiro atoms. The average Bonchev–Trinajstić information content (AvgIpc) is 2.22. The summed E-state index contributed by atoms with van der Waals surface area (Å²) in [7, 11) is 0. The molecule has 18 heavy (non-hydrogen) atoms. The summed E-state index contributed by atoms with van der Waals surface area (Å²) in [6.07, 6.45) is -4.68. The molecule has 0 radical (unpaired) electrons. The van der Waals surface area contributed by atoms with Crippen LogP contribution in [-0.2, 0) is 4.79 Å². The van der Waals surface area contributed by atoms with E-state index in [4.69, 9.17) is 15.3 Å². The van der Waals surface area contributed by atoms with E-state index < -0.39 is 50.5 Å². The van der Waals surface area contributed by atoms with E-state index in [1.807, 2.05) is 0 Å². The summed E-state index contributed by atoms with van der Waals surface area (Å²) in [4.78, 5) is 22.0. The first-order valence-corrected chi connectivity index (χ1v) is 4.78. The van der Waals surface area contributed by atoms with Crippen molar-refractivity contribution in [3.63, 3.8) is 0 Å². The molecular weight excluding hydrogens is 261 g/mol. The van der Waals surface area contributed by atoms with Crippen LogP contribution in [0.5, 0.6) is 0 Å². The standard InChI is InChI=1S/C8H13F3N2O5/c9-8(10,11)4-13(1-2-14)7(18)12-5(3-15)6(16)17/h5,14-15H,1-4H2,(H,12,18)(H,16,17). The Morgan fingerprint density at radius 2 is 1.83 bits per heavy atom. The molecule has 0 bridgehead atoms. The molecule has 1 unspecified atom stereocenters. The van der Waals surface area contributed by atoms with Crippen LogP contribution in [0.25, 0.3) is 0 Å². The number of nitrogens with zero attached hydrogens (tertiary/aromatic N) is 1. The van der Waals surface area contributed by atoms with Crippen molar-refractivity contribution in [2.75, 3.05) is 26.3 Å². The molecule has 0 aliphatic heterocycles. The number of nitrogens with one attached hydrogen (secondary N) is 1. The van der Waals surface area contributed by atoms with E-state index in [1.54, 1.807) is 5.32 Å². The summed E-state index contributed by atoms with van der Waals surface area (Å²) in [5, 5.41) is 27.3. The van der Waals surface area contributed by atoms with Crippen LogP contribution in [0.4, 0.5) is 18.0 Å². The van der Waals surface area contributed by atoms with Gasteiger partial charge in [0.1, 0.15) is 6.54 Å². The molecule has 0 fully saturated rings. The van der Waals surface area contributed by atoms with Gasteiger partial charge in [-0.1, -0.05) is 0 Å². The van der Waals surface area contributed by atoms with Crippen LogP contribution >= 0.6 is 0 Å². The van der Waals surface area contributed by atoms with Gasteiger partial charge in [0.05, 0.1) is 13.2 Å². The zero-order valence-electron chi connectivity index (χ0n) is 9.15. The second-order valence-electron chi connectivity index (χ2n) is 3.28. The summed E-state index contributed by atoms with van der Waals surface area (Å²) in [6.45, 7) is -3.90. The normalized spacial score (nSPS) is 12.9. The molecule has 0 saturated heterocycles. The van der Waals surface area contributed by atoms with Crippen molar-refractivity contribution in [1.29, 1.82) is 0 Å². The third kappa shape index (κ3) is 6.25. The van der Waals surface area contributed by atoms with Crippen LogP contribution in [0.2, 0.25) is 0 Å². The number of carboxylic acids is 1. The largest absolute Gasteiger partial charge is 0.480 e. The quantitative estimate of drug-likeness (QED) is 0.496. The summed E-state index contributed by atoms with van der Waals surface area (Å²) in [5.74, 6) is -1.58. The number of amides is 2. The second-order valence-corrected chi connectivity index (χ2v) is 3.28. The van der Waals surface area contributed by atoms with Gasteiger partial charge < -0.3 is 25.5 Å². The molecule has 7 nitrogen and oxygen atoms in total. The Balaban J connectivity index is 4.61. The highest BCUT2D eigenvalue weighted by Gasteiger charge is 2.33. The van der Waals surface area contributed by atoms with E-state index in [2.05, 4.69) is 0 Å². The van der Waals surface area contributed by atoms with E-state index in [0.717, 1.165) is 0 Å². The summed E-state index contributed by atoms with van der Waals surface area (Å²) in [6, 6.07) is -3.03. The Kier molecular flexibility index (Phi) is 6.41. The van der Waals surface area contributed by atoms with Gasteiger partial charge in [-0.3, -0.25) is 0 Å². The third-order valence-corrected chi connectivity index (χ3v) is 1.81. The number of aliphatic hydroxyl groups excluding tert-OH is 2. The van der Waals surface area contributed by atoms with Gasteiger partial charge in [0, 0.05) is 6.54 Å². The zero-order chi connectivity index (χ0) is 14.3. The maximum Gasteiger partial charge on any atom is 0.406 e. The van der Waals surface area contributed by atoms with E-state index in [1.165, 1.54) is 0 Å². The monoisotopic (exact) mass is 274 g/mol. The minimum absolute atomic E-state index is 0.200. The van der Waals surface area contributed by atoms with Crippen LogP contribution in [0.3, 0.4) is 0 Å². The fourth-order valence-corrected chi connectivity index (χ4v) is 1.02. The molecule has 4 N–H and O–H groups in total. The number of alkyl halides is 3. The van der Waals surface area contributed by atoms with Crippen molar-refractivity contribution in [2.24, 2.45) is 0 Å². The van der Waals surface area contributed by atoms with Gasteiger partial charge in [0.25, 0.3) is 0 Å². The number of rotatable bonds is 6. The van der Waals surface area contributed by atoms with Gasteiger partial charge in [-0.25, -0.2) is 9.59 Å². The predicted molar refractivity (Wildman–Crippen MR) is 51.8 cm³/mol. The number of carboxylic acid groups (broad SMARTS) is 1. The molecule has 106 valence electrons. The summed E-state index contributed by atoms with van der Waals surface area (Å²) in [5.41, 5.74) is 0. The van der Waals surface area contributed by atoms with Gasteiger partial charge in [0.15, 0.2) is 6.04 Å². The SMILES string of the molecule is O=C(O)C(CO)NC(=O)N(CCO)CC(F)(F)F. The molecule has 2 amide bonds. The van der Waals surface area contributed by atoms with Crippen LogP contribution in [-0.4, -0.2) is 70.7 Å². The summed E-state index contributed by atoms with van der Waals surface area (Å²) < 4.78 is 36.3. The number of carbonyl (C=O) groups is 2. The highest BCUT2D eigenvalue weighted by molar-refractivity contribution is 5.82. The van der Waals surface area contributed by atoms with E-state index in [0.29, 0.717) is 0 Å². The van der Waals surface area contributed by atoms with Crippen LogP contribution in [0.15, 0.2) is 0 Å². The molecule has 0 heterocycles. The number of carbonyl (C=O) groups excluding carboxylic acids is 1. The van der Waals surface area contributed by atoms with Crippen molar-refractivity contribution >= 4 is 12.0 Å². The Labute approximate surface area is 99.8 Å². The second kappa shape index (κ2) is 7.01. The first kappa shape index (κ1) is 16.4. The van der Waals surface area contributed by atoms with Gasteiger partial charge >= 0.3 is 18.2 Å². The minimum atomic E-state index is -4.68. The number of aliphatic carboxylic acids is 1. The number of hydrogen-bond acceptors (Lipinski definition) is 4. The van der Waals surface area contributed by atoms with Gasteiger partial charge in [-0.2, -0.15) is 13.2 Å². The Morgan fingerprint density at radius 1 is 1.28 bits per heavy atom. The van der Waals surface area contributed by atoms with E-state index >= 15 is 0 Å². The minimum Gasteiger partial charge on any atom is -0.480 e. The first-order chi connectivity index (χ1) is 8.21. The maximum atomic E-state index is 12.1. The topological polar surface area (TPSA) is 110 Å². The Bertz CT molecular complexity index is 297. The Hall–Kier alpha value is -1.55. The van der Waals surface area contributed by atoms with Crippen molar-refractivity contribution in [3.05, 3.63) is 0 Å². The molecule has 0 rings (SSSR count). The van der Waals surface area contributed by atoms with Crippen LogP contribution in [0.1, 0.15) is 0 Å². The van der Waals surface area contributed by atoms with E-state index in [9.17, 15) is 22.8 Å². The zero-order valence-corrected chi connectivity index (χ0v) is 9.15. The van der Waals surface area contributed by atoms with Crippen LogP contribution in [0, 0.1) is 0 Å². The molecule has 0 aromatic rings. The van der Waals surface area contributed by atoms with Crippen molar-refractivity contribution in [2.45, 2.75) is 12.2 Å². The van der Waals surface area contributed by atoms with Crippen molar-refractivity contribution in [3.8, 4) is 0 Å². The maximum absolute atomic E-state index is 12.1. The molecule has 10 heteroatoms. The van der Waals surface area contributed by atoms with Crippen molar-refractivity contribution in [1.82, 2.24) is 10.2 Å². The number of urea groups is 1. The number of hydrogen-bond donors (Lipinski definition) is 4. The number of halogens is 3. The smallest absolute Gasteiger partial charge is 0.406 e. The summed E-state index contributed by atoms with van der Waals surface area (Å²) >= 11 is 0. The highest BCUT2D eigenvalue weighted by Crippen LogP contribution is 2.16. The van der Waals surface area contributed by atoms with Gasteiger partial charge in [0.2, 0.25) is 0 Å². The highest BCUT2D eigenvalue weighted by atomic mass is 19.4. The molecule has 0 saturated carbocycles. The predicted octanol–water partition coefficient (Wildman–Crippen LogP) is -1.00. The van der Waals surface area contributed by atoms with Gasteiger partial charge in [-0.05, 0) is 0 Å². The first-order valence-electron chi connectivity index (χ1n) is 4.78. The third-order valence-electron chi connectivity index (χ3n) is 1.81. The lowest BCUT2D eigenvalue weighted by atomic mass is 10.3. The lowest BCUT2D eigenvalue weighted by molar-refractivity contribution is -0.141. The van der Waals surface area contributed by atoms with E-state index in [-0.39, 0.29) is 4.90 Å². The Morgan fingerprint density at radius 3 is 2.17 bits per heavy atom. The molecule has 0 aromatic heterocycles.